The number of hydrogen-bond acceptors (Lipinski definition) is 2. The number of halogens is 3. The third-order valence-corrected chi connectivity index (χ3v) is 4.94. The Hall–Kier alpha value is -0.940. The molecule has 0 saturated carbocycles. The van der Waals surface area contributed by atoms with Crippen molar-refractivity contribution in [2.45, 2.75) is 11.8 Å². The fourth-order valence-corrected chi connectivity index (χ4v) is 3.64. The fraction of sp³-hybridized carbons (Fsp3) is 0.0769. The van der Waals surface area contributed by atoms with Crippen LogP contribution >= 0.6 is 34.8 Å². The first kappa shape index (κ1) is 15.4. The lowest BCUT2D eigenvalue weighted by Gasteiger charge is -2.12. The van der Waals surface area contributed by atoms with Crippen LogP contribution in [0.25, 0.3) is 0 Å². The van der Waals surface area contributed by atoms with Crippen LogP contribution in [-0.2, 0) is 10.0 Å². The maximum Gasteiger partial charge on any atom is 0.263 e. The smallest absolute Gasteiger partial charge is 0.263 e. The third-order valence-electron chi connectivity index (χ3n) is 2.63. The van der Waals surface area contributed by atoms with Gasteiger partial charge >= 0.3 is 0 Å². The van der Waals surface area contributed by atoms with Gasteiger partial charge in [-0.3, -0.25) is 4.72 Å². The molecule has 0 bridgehead atoms. The van der Waals surface area contributed by atoms with Crippen molar-refractivity contribution in [3.63, 3.8) is 0 Å². The molecule has 0 radical (unpaired) electrons. The molecule has 0 atom stereocenters. The first-order valence-electron chi connectivity index (χ1n) is 5.53. The average Bonchev–Trinajstić information content (AvgIpc) is 2.36. The van der Waals surface area contributed by atoms with Gasteiger partial charge in [-0.2, -0.15) is 0 Å². The van der Waals surface area contributed by atoms with E-state index in [0.717, 1.165) is 5.56 Å². The van der Waals surface area contributed by atoms with Gasteiger partial charge in [-0.05, 0) is 42.8 Å². The lowest BCUT2D eigenvalue weighted by molar-refractivity contribution is 0.601. The second kappa shape index (κ2) is 5.82. The van der Waals surface area contributed by atoms with Crippen LogP contribution in [0.5, 0.6) is 0 Å². The summed E-state index contributed by atoms with van der Waals surface area (Å²) in [6.07, 6.45) is 0. The molecule has 0 fully saturated rings. The number of aryl methyl sites for hydroxylation is 1. The van der Waals surface area contributed by atoms with E-state index in [0.29, 0.717) is 10.7 Å². The van der Waals surface area contributed by atoms with Crippen LogP contribution in [0.15, 0.2) is 41.3 Å². The van der Waals surface area contributed by atoms with Crippen LogP contribution in [0.3, 0.4) is 0 Å². The monoisotopic (exact) mass is 349 g/mol. The van der Waals surface area contributed by atoms with E-state index in [-0.39, 0.29) is 14.9 Å². The number of hydrogen-bond donors (Lipinski definition) is 1. The highest BCUT2D eigenvalue weighted by molar-refractivity contribution is 7.92. The topological polar surface area (TPSA) is 46.2 Å². The molecule has 0 aliphatic rings. The Bertz CT molecular complexity index is 760. The number of benzene rings is 2. The van der Waals surface area contributed by atoms with E-state index in [1.165, 1.54) is 24.3 Å². The van der Waals surface area contributed by atoms with Crippen LogP contribution in [-0.4, -0.2) is 8.42 Å². The second-order valence-corrected chi connectivity index (χ2v) is 7.07. The summed E-state index contributed by atoms with van der Waals surface area (Å²) in [4.78, 5) is -0.0777. The zero-order valence-corrected chi connectivity index (χ0v) is 13.4. The second-order valence-electron chi connectivity index (χ2n) is 4.14. The molecule has 0 spiro atoms. The highest BCUT2D eigenvalue weighted by Gasteiger charge is 2.19. The Kier molecular flexibility index (Phi) is 4.49. The Balaban J connectivity index is 2.46. The molecule has 0 saturated heterocycles. The first-order valence-corrected chi connectivity index (χ1v) is 8.15. The molecular formula is C13H10Cl3NO2S. The van der Waals surface area contributed by atoms with Crippen molar-refractivity contribution in [3.8, 4) is 0 Å². The van der Waals surface area contributed by atoms with E-state index < -0.39 is 10.0 Å². The van der Waals surface area contributed by atoms with E-state index in [2.05, 4.69) is 4.72 Å². The maximum absolute atomic E-state index is 12.3. The van der Waals surface area contributed by atoms with Gasteiger partial charge in [0.25, 0.3) is 10.0 Å². The summed E-state index contributed by atoms with van der Waals surface area (Å²) in [5, 5.41) is 0.824. The van der Waals surface area contributed by atoms with Crippen molar-refractivity contribution in [2.75, 3.05) is 4.72 Å². The van der Waals surface area contributed by atoms with Gasteiger partial charge < -0.3 is 0 Å². The Labute approximate surface area is 132 Å². The molecule has 2 aromatic rings. The molecule has 0 aliphatic carbocycles. The van der Waals surface area contributed by atoms with E-state index in [1.54, 1.807) is 19.1 Å². The van der Waals surface area contributed by atoms with Crippen molar-refractivity contribution in [1.82, 2.24) is 0 Å². The molecule has 20 heavy (non-hydrogen) atoms. The number of nitrogens with one attached hydrogen (secondary N) is 1. The summed E-state index contributed by atoms with van der Waals surface area (Å²) in [6, 6.07) is 9.19. The molecular weight excluding hydrogens is 341 g/mol. The molecule has 0 unspecified atom stereocenters. The van der Waals surface area contributed by atoms with Gasteiger partial charge in [-0.25, -0.2) is 8.42 Å². The van der Waals surface area contributed by atoms with Crippen LogP contribution < -0.4 is 4.72 Å². The zero-order valence-electron chi connectivity index (χ0n) is 10.3. The van der Waals surface area contributed by atoms with Gasteiger partial charge in [0.2, 0.25) is 0 Å². The van der Waals surface area contributed by atoms with Gasteiger partial charge in [0.05, 0.1) is 10.7 Å². The normalized spacial score (nSPS) is 11.4. The molecule has 0 aromatic heterocycles. The van der Waals surface area contributed by atoms with Crippen LogP contribution in [0.1, 0.15) is 5.56 Å². The first-order chi connectivity index (χ1) is 9.29. The number of anilines is 1. The van der Waals surface area contributed by atoms with Crippen molar-refractivity contribution < 1.29 is 8.42 Å². The molecule has 1 N–H and O–H groups in total. The minimum atomic E-state index is -3.83. The van der Waals surface area contributed by atoms with Crippen molar-refractivity contribution in [1.29, 1.82) is 0 Å². The largest absolute Gasteiger partial charge is 0.279 e. The van der Waals surface area contributed by atoms with Gasteiger partial charge in [0, 0.05) is 10.0 Å². The SMILES string of the molecule is Cc1ccc(Cl)cc1NS(=O)(=O)c1cc(Cl)ccc1Cl. The minimum absolute atomic E-state index is 0.0777. The molecule has 7 heteroatoms. The molecule has 0 amide bonds. The minimum Gasteiger partial charge on any atom is -0.279 e. The quantitative estimate of drug-likeness (QED) is 0.867. The van der Waals surface area contributed by atoms with Crippen LogP contribution in [0, 0.1) is 6.92 Å². The molecule has 0 aliphatic heterocycles. The molecule has 0 heterocycles. The number of sulfonamides is 1. The Morgan fingerprint density at radius 3 is 2.25 bits per heavy atom. The van der Waals surface area contributed by atoms with Gasteiger partial charge in [0.1, 0.15) is 4.90 Å². The summed E-state index contributed by atoms with van der Waals surface area (Å²) in [5.41, 5.74) is 1.14. The van der Waals surface area contributed by atoms with E-state index >= 15 is 0 Å². The summed E-state index contributed by atoms with van der Waals surface area (Å²) in [6.45, 7) is 1.77. The predicted octanol–water partition coefficient (Wildman–Crippen LogP) is 4.76. The van der Waals surface area contributed by atoms with Gasteiger partial charge in [-0.15, -0.1) is 0 Å². The van der Waals surface area contributed by atoms with Gasteiger partial charge in [0.15, 0.2) is 0 Å². The standard InChI is InChI=1S/C13H10Cl3NO2S/c1-8-2-3-9(14)6-12(8)17-20(18,19)13-7-10(15)4-5-11(13)16/h2-7,17H,1H3. The predicted molar refractivity (Wildman–Crippen MR) is 83.5 cm³/mol. The van der Waals surface area contributed by atoms with Crippen molar-refractivity contribution >= 4 is 50.5 Å². The summed E-state index contributed by atoms with van der Waals surface area (Å²) in [5.74, 6) is 0. The Morgan fingerprint density at radius 1 is 0.950 bits per heavy atom. The van der Waals surface area contributed by atoms with E-state index in [9.17, 15) is 8.42 Å². The highest BCUT2D eigenvalue weighted by atomic mass is 35.5. The van der Waals surface area contributed by atoms with Crippen LogP contribution in [0.2, 0.25) is 15.1 Å². The molecule has 3 nitrogen and oxygen atoms in total. The zero-order chi connectivity index (χ0) is 14.9. The molecule has 2 rings (SSSR count). The summed E-state index contributed by atoms with van der Waals surface area (Å²) < 4.78 is 27.1. The number of rotatable bonds is 3. The molecule has 106 valence electrons. The highest BCUT2D eigenvalue weighted by Crippen LogP contribution is 2.28. The fourth-order valence-electron chi connectivity index (χ4n) is 1.59. The van der Waals surface area contributed by atoms with E-state index in [1.807, 2.05) is 0 Å². The Morgan fingerprint density at radius 2 is 1.55 bits per heavy atom. The van der Waals surface area contributed by atoms with Crippen LogP contribution in [0.4, 0.5) is 5.69 Å². The summed E-state index contributed by atoms with van der Waals surface area (Å²) in [7, 11) is -3.83. The van der Waals surface area contributed by atoms with Crippen molar-refractivity contribution in [3.05, 3.63) is 57.0 Å². The van der Waals surface area contributed by atoms with Crippen molar-refractivity contribution in [2.24, 2.45) is 0 Å². The average molecular weight is 351 g/mol. The van der Waals surface area contributed by atoms with Gasteiger partial charge in [-0.1, -0.05) is 40.9 Å². The molecule has 2 aromatic carbocycles. The lowest BCUT2D eigenvalue weighted by Crippen LogP contribution is -2.14. The third kappa shape index (κ3) is 3.38. The van der Waals surface area contributed by atoms with E-state index in [4.69, 9.17) is 34.8 Å². The lowest BCUT2D eigenvalue weighted by atomic mass is 10.2. The summed E-state index contributed by atoms with van der Waals surface area (Å²) >= 11 is 17.6. The maximum atomic E-state index is 12.3.